The zero-order valence-electron chi connectivity index (χ0n) is 11.4. The summed E-state index contributed by atoms with van der Waals surface area (Å²) in [6.45, 7) is 2.25. The third-order valence-corrected chi connectivity index (χ3v) is 3.11. The van der Waals surface area contributed by atoms with Gasteiger partial charge in [-0.05, 0) is 17.7 Å². The molecule has 1 saturated heterocycles. The van der Waals surface area contributed by atoms with Crippen LogP contribution < -0.4 is 10.6 Å². The number of benzene rings is 1. The Morgan fingerprint density at radius 2 is 2.45 bits per heavy atom. The molecule has 1 aromatic rings. The van der Waals surface area contributed by atoms with Crippen molar-refractivity contribution in [3.63, 3.8) is 0 Å². The summed E-state index contributed by atoms with van der Waals surface area (Å²) in [6.07, 6.45) is 0. The van der Waals surface area contributed by atoms with Crippen molar-refractivity contribution in [3.05, 3.63) is 35.1 Å². The molecule has 1 aromatic carbocycles. The predicted octanol–water partition coefficient (Wildman–Crippen LogP) is 0.577. The molecular formula is C14H19FN2O3. The molecule has 2 N–H and O–H groups in total. The summed E-state index contributed by atoms with van der Waals surface area (Å²) in [5.74, 6) is -0.411. The van der Waals surface area contributed by atoms with E-state index in [-0.39, 0.29) is 24.4 Å². The van der Waals surface area contributed by atoms with Gasteiger partial charge in [-0.25, -0.2) is 4.39 Å². The molecule has 1 amide bonds. The van der Waals surface area contributed by atoms with Crippen LogP contribution in [0.4, 0.5) is 4.39 Å². The van der Waals surface area contributed by atoms with Crippen LogP contribution >= 0.6 is 0 Å². The number of halogens is 1. The van der Waals surface area contributed by atoms with E-state index < -0.39 is 0 Å². The van der Waals surface area contributed by atoms with E-state index >= 15 is 0 Å². The molecule has 1 fully saturated rings. The second-order valence-corrected chi connectivity index (χ2v) is 4.66. The van der Waals surface area contributed by atoms with Crippen LogP contribution in [0.1, 0.15) is 11.1 Å². The third kappa shape index (κ3) is 4.00. The molecule has 1 aliphatic rings. The summed E-state index contributed by atoms with van der Waals surface area (Å²) in [5, 5.41) is 5.89. The monoisotopic (exact) mass is 282 g/mol. The first kappa shape index (κ1) is 14.9. The molecule has 0 bridgehead atoms. The number of hydrogen-bond acceptors (Lipinski definition) is 4. The highest BCUT2D eigenvalue weighted by molar-refractivity contribution is 5.81. The number of rotatable bonds is 5. The lowest BCUT2D eigenvalue weighted by Gasteiger charge is -2.22. The highest BCUT2D eigenvalue weighted by atomic mass is 19.1. The highest BCUT2D eigenvalue weighted by Crippen LogP contribution is 2.11. The summed E-state index contributed by atoms with van der Waals surface area (Å²) in [6, 6.07) is 4.42. The summed E-state index contributed by atoms with van der Waals surface area (Å²) in [7, 11) is 1.52. The van der Waals surface area contributed by atoms with Gasteiger partial charge >= 0.3 is 0 Å². The average molecular weight is 282 g/mol. The Bertz CT molecular complexity index is 462. The molecular weight excluding hydrogens is 263 g/mol. The Balaban J connectivity index is 1.89. The Morgan fingerprint density at radius 3 is 3.15 bits per heavy atom. The largest absolute Gasteiger partial charge is 0.380 e. The maximum absolute atomic E-state index is 13.5. The fraction of sp³-hybridized carbons (Fsp3) is 0.500. The van der Waals surface area contributed by atoms with Gasteiger partial charge in [-0.15, -0.1) is 0 Å². The van der Waals surface area contributed by atoms with E-state index in [0.29, 0.717) is 31.9 Å². The molecule has 1 heterocycles. The number of methoxy groups -OCH3 is 1. The summed E-state index contributed by atoms with van der Waals surface area (Å²) < 4.78 is 23.6. The molecule has 6 heteroatoms. The van der Waals surface area contributed by atoms with E-state index in [9.17, 15) is 9.18 Å². The molecule has 0 saturated carbocycles. The summed E-state index contributed by atoms with van der Waals surface area (Å²) in [4.78, 5) is 11.9. The lowest BCUT2D eigenvalue weighted by Crippen LogP contribution is -2.51. The molecule has 1 aliphatic heterocycles. The van der Waals surface area contributed by atoms with Gasteiger partial charge < -0.3 is 20.1 Å². The lowest BCUT2D eigenvalue weighted by molar-refractivity contribution is -0.126. The van der Waals surface area contributed by atoms with Gasteiger partial charge in [0.15, 0.2) is 0 Å². The molecule has 0 unspecified atom stereocenters. The summed E-state index contributed by atoms with van der Waals surface area (Å²) >= 11 is 0. The fourth-order valence-corrected chi connectivity index (χ4v) is 2.05. The second-order valence-electron chi connectivity index (χ2n) is 4.66. The van der Waals surface area contributed by atoms with Crippen LogP contribution in [0, 0.1) is 5.82 Å². The van der Waals surface area contributed by atoms with Gasteiger partial charge in [0.25, 0.3) is 0 Å². The molecule has 0 radical (unpaired) electrons. The topological polar surface area (TPSA) is 59.6 Å². The standard InChI is InChI=1S/C14H19FN2O3/c1-19-8-11-6-10(2-3-12(11)15)7-17-14(18)13-9-20-5-4-16-13/h2-3,6,13,16H,4-5,7-9H2,1H3,(H,17,18)/t13-/m0/s1. The minimum Gasteiger partial charge on any atom is -0.380 e. The number of hydrogen-bond donors (Lipinski definition) is 2. The predicted molar refractivity (Wildman–Crippen MR) is 71.6 cm³/mol. The SMILES string of the molecule is COCc1cc(CNC(=O)[C@@H]2COCCN2)ccc1F. The second kappa shape index (κ2) is 7.33. The maximum atomic E-state index is 13.5. The average Bonchev–Trinajstić information content (AvgIpc) is 2.49. The van der Waals surface area contributed by atoms with E-state index in [1.54, 1.807) is 12.1 Å². The van der Waals surface area contributed by atoms with Gasteiger partial charge in [-0.1, -0.05) is 6.07 Å². The van der Waals surface area contributed by atoms with Crippen molar-refractivity contribution in [3.8, 4) is 0 Å². The van der Waals surface area contributed by atoms with Crippen molar-refractivity contribution in [1.82, 2.24) is 10.6 Å². The Morgan fingerprint density at radius 1 is 1.60 bits per heavy atom. The van der Waals surface area contributed by atoms with Crippen LogP contribution in [-0.4, -0.2) is 38.8 Å². The van der Waals surface area contributed by atoms with Gasteiger partial charge in [0, 0.05) is 25.8 Å². The number of morpholine rings is 1. The van der Waals surface area contributed by atoms with Crippen molar-refractivity contribution in [1.29, 1.82) is 0 Å². The number of carbonyl (C=O) groups is 1. The van der Waals surface area contributed by atoms with E-state index in [1.807, 2.05) is 0 Å². The number of carbonyl (C=O) groups excluding carboxylic acids is 1. The highest BCUT2D eigenvalue weighted by Gasteiger charge is 2.20. The normalized spacial score (nSPS) is 18.8. The Hall–Kier alpha value is -1.50. The molecule has 110 valence electrons. The van der Waals surface area contributed by atoms with E-state index in [0.717, 1.165) is 5.56 Å². The zero-order chi connectivity index (χ0) is 14.4. The third-order valence-electron chi connectivity index (χ3n) is 3.11. The van der Waals surface area contributed by atoms with E-state index in [1.165, 1.54) is 13.2 Å². The van der Waals surface area contributed by atoms with Crippen LogP contribution in [-0.2, 0) is 27.4 Å². The van der Waals surface area contributed by atoms with Gasteiger partial charge in [-0.2, -0.15) is 0 Å². The minimum atomic E-state index is -0.317. The Kier molecular flexibility index (Phi) is 5.46. The minimum absolute atomic E-state index is 0.109. The molecule has 20 heavy (non-hydrogen) atoms. The number of amides is 1. The van der Waals surface area contributed by atoms with E-state index in [2.05, 4.69) is 10.6 Å². The van der Waals surface area contributed by atoms with Crippen molar-refractivity contribution in [2.75, 3.05) is 26.9 Å². The molecule has 1 atom stereocenters. The van der Waals surface area contributed by atoms with Crippen LogP contribution in [0.2, 0.25) is 0 Å². The first-order valence-corrected chi connectivity index (χ1v) is 6.56. The first-order valence-electron chi connectivity index (χ1n) is 6.56. The molecule has 0 aromatic heterocycles. The fourth-order valence-electron chi connectivity index (χ4n) is 2.05. The number of ether oxygens (including phenoxy) is 2. The molecule has 0 spiro atoms. The van der Waals surface area contributed by atoms with Gasteiger partial charge in [0.1, 0.15) is 11.9 Å². The zero-order valence-corrected chi connectivity index (χ0v) is 11.4. The Labute approximate surface area is 117 Å². The van der Waals surface area contributed by atoms with Gasteiger partial charge in [-0.3, -0.25) is 4.79 Å². The molecule has 5 nitrogen and oxygen atoms in total. The molecule has 2 rings (SSSR count). The van der Waals surface area contributed by atoms with Crippen molar-refractivity contribution in [2.45, 2.75) is 19.2 Å². The van der Waals surface area contributed by atoms with Gasteiger partial charge in [0.2, 0.25) is 5.91 Å². The first-order chi connectivity index (χ1) is 9.70. The van der Waals surface area contributed by atoms with Crippen LogP contribution in [0.25, 0.3) is 0 Å². The molecule has 0 aliphatic carbocycles. The number of nitrogens with one attached hydrogen (secondary N) is 2. The van der Waals surface area contributed by atoms with Crippen molar-refractivity contribution < 1.29 is 18.7 Å². The van der Waals surface area contributed by atoms with Crippen LogP contribution in [0.3, 0.4) is 0 Å². The quantitative estimate of drug-likeness (QED) is 0.829. The van der Waals surface area contributed by atoms with Crippen molar-refractivity contribution in [2.24, 2.45) is 0 Å². The lowest BCUT2D eigenvalue weighted by atomic mass is 10.1. The summed E-state index contributed by atoms with van der Waals surface area (Å²) in [5.41, 5.74) is 1.32. The van der Waals surface area contributed by atoms with Crippen LogP contribution in [0.5, 0.6) is 0 Å². The van der Waals surface area contributed by atoms with Crippen LogP contribution in [0.15, 0.2) is 18.2 Å². The van der Waals surface area contributed by atoms with Crippen molar-refractivity contribution >= 4 is 5.91 Å². The van der Waals surface area contributed by atoms with Gasteiger partial charge in [0.05, 0.1) is 19.8 Å². The van der Waals surface area contributed by atoms with E-state index in [4.69, 9.17) is 9.47 Å². The smallest absolute Gasteiger partial charge is 0.239 e. The maximum Gasteiger partial charge on any atom is 0.239 e.